The van der Waals surface area contributed by atoms with E-state index in [0.29, 0.717) is 34.9 Å². The molecule has 0 bridgehead atoms. The Kier molecular flexibility index (Phi) is 7.20. The third-order valence-corrected chi connectivity index (χ3v) is 14.5. The van der Waals surface area contributed by atoms with E-state index in [0.717, 1.165) is 56.9 Å². The van der Waals surface area contributed by atoms with E-state index in [-0.39, 0.29) is 51.4 Å². The van der Waals surface area contributed by atoms with Gasteiger partial charge in [0.1, 0.15) is 11.4 Å². The number of benzene rings is 1. The van der Waals surface area contributed by atoms with Gasteiger partial charge in [-0.3, -0.25) is 14.9 Å². The Labute approximate surface area is 267 Å². The van der Waals surface area contributed by atoms with E-state index in [9.17, 15) is 14.7 Å². The van der Waals surface area contributed by atoms with E-state index in [1.165, 1.54) is 12.0 Å². The predicted octanol–water partition coefficient (Wildman–Crippen LogP) is 7.85. The summed E-state index contributed by atoms with van der Waals surface area (Å²) in [5.74, 6) is 2.28. The zero-order valence-corrected chi connectivity index (χ0v) is 27.8. The molecule has 0 radical (unpaired) electrons. The SMILES string of the molecule is COc1ccccc1-c1cc(NC(=O)C2CCC3CCC4C(=CC(=O)C5[C@@]4(C)CCC4(C)C(C)(C)C(O)CC[C@]54C)C3C2)on1. The molecule has 7 nitrogen and oxygen atoms in total. The summed E-state index contributed by atoms with van der Waals surface area (Å²) in [4.78, 5) is 28.1. The molecule has 2 N–H and O–H groups in total. The normalized spacial score (nSPS) is 40.2. The highest BCUT2D eigenvalue weighted by Gasteiger charge is 2.70. The molecule has 9 atom stereocenters. The highest BCUT2D eigenvalue weighted by Crippen LogP contribution is 2.74. The van der Waals surface area contributed by atoms with Gasteiger partial charge in [-0.1, -0.05) is 57.5 Å². The van der Waals surface area contributed by atoms with Crippen LogP contribution in [0.25, 0.3) is 11.3 Å². The second-order valence-corrected chi connectivity index (χ2v) is 16.3. The molecule has 1 heterocycles. The molecule has 2 aromatic rings. The van der Waals surface area contributed by atoms with Crippen molar-refractivity contribution in [3.8, 4) is 17.0 Å². The van der Waals surface area contributed by atoms with Crippen molar-refractivity contribution in [1.29, 1.82) is 0 Å². The summed E-state index contributed by atoms with van der Waals surface area (Å²) in [6.45, 7) is 11.6. The van der Waals surface area contributed by atoms with Crippen molar-refractivity contribution in [2.75, 3.05) is 12.4 Å². The Bertz CT molecular complexity index is 1540. The van der Waals surface area contributed by atoms with Crippen molar-refractivity contribution in [2.24, 2.45) is 51.2 Å². The summed E-state index contributed by atoms with van der Waals surface area (Å²) in [6, 6.07) is 9.36. The fourth-order valence-electron chi connectivity index (χ4n) is 11.4. The minimum atomic E-state index is -0.338. The van der Waals surface area contributed by atoms with Crippen molar-refractivity contribution in [3.63, 3.8) is 0 Å². The van der Waals surface area contributed by atoms with Crippen molar-refractivity contribution in [3.05, 3.63) is 42.0 Å². The van der Waals surface area contributed by atoms with Crippen LogP contribution in [0.2, 0.25) is 0 Å². The average Bonchev–Trinajstić information content (AvgIpc) is 3.49. The van der Waals surface area contributed by atoms with Crippen LogP contribution in [-0.4, -0.2) is 35.2 Å². The van der Waals surface area contributed by atoms with Gasteiger partial charge < -0.3 is 14.4 Å². The van der Waals surface area contributed by atoms with Crippen LogP contribution in [0.3, 0.4) is 0 Å². The number of carbonyl (C=O) groups is 2. The molecular weight excluding hydrogens is 564 g/mol. The first-order chi connectivity index (χ1) is 21.3. The summed E-state index contributed by atoms with van der Waals surface area (Å²) >= 11 is 0. The molecule has 0 saturated heterocycles. The molecule has 5 aliphatic carbocycles. The largest absolute Gasteiger partial charge is 0.496 e. The number of amides is 1. The molecule has 5 aliphatic rings. The summed E-state index contributed by atoms with van der Waals surface area (Å²) in [7, 11) is 1.62. The lowest BCUT2D eigenvalue weighted by atomic mass is 9.33. The summed E-state index contributed by atoms with van der Waals surface area (Å²) in [5.41, 5.74) is 2.14. The molecule has 4 fully saturated rings. The molecular formula is C38H50N2O5. The lowest BCUT2D eigenvalue weighted by Crippen LogP contribution is -2.68. The van der Waals surface area contributed by atoms with Gasteiger partial charge in [-0.05, 0) is 115 Å². The van der Waals surface area contributed by atoms with E-state index >= 15 is 0 Å². The van der Waals surface area contributed by atoms with Gasteiger partial charge in [0.2, 0.25) is 11.8 Å². The molecule has 4 saturated carbocycles. The van der Waals surface area contributed by atoms with E-state index in [1.807, 2.05) is 24.3 Å². The second-order valence-electron chi connectivity index (χ2n) is 16.3. The van der Waals surface area contributed by atoms with Crippen LogP contribution >= 0.6 is 0 Å². The van der Waals surface area contributed by atoms with Crippen molar-refractivity contribution >= 4 is 17.6 Å². The van der Waals surface area contributed by atoms with Crippen LogP contribution in [0.1, 0.15) is 92.4 Å². The standard InChI is InChI=1S/C38H50N2O5/c1-35(2)31(42)15-16-37(4)33-29(41)20-26-25-19-23(12-11-22(25)13-14-27(26)36(33,3)17-18-38(35,37)5)34(43)39-32-21-28(40-45-32)24-9-7-8-10-30(24)44-6/h7-10,20-23,25,27,31,33,42H,11-19H2,1-6H3,(H,39,43)/t22?,23?,25?,27?,31?,33?,36-,37+,38?/m0/s1. The topological polar surface area (TPSA) is 102 Å². The number of rotatable bonds is 4. The molecule has 1 amide bonds. The fraction of sp³-hybridized carbons (Fsp3) is 0.658. The number of hydrogen-bond donors (Lipinski definition) is 2. The molecule has 0 spiro atoms. The van der Waals surface area contributed by atoms with Crippen LogP contribution in [0.5, 0.6) is 5.75 Å². The summed E-state index contributed by atoms with van der Waals surface area (Å²) < 4.78 is 11.0. The first-order valence-corrected chi connectivity index (χ1v) is 17.2. The Balaban J connectivity index is 1.12. The quantitative estimate of drug-likeness (QED) is 0.364. The molecule has 45 heavy (non-hydrogen) atoms. The lowest BCUT2D eigenvalue weighted by Gasteiger charge is -2.71. The number of nitrogens with one attached hydrogen (secondary N) is 1. The molecule has 0 aliphatic heterocycles. The van der Waals surface area contributed by atoms with E-state index in [2.05, 4.69) is 51.2 Å². The van der Waals surface area contributed by atoms with Gasteiger partial charge in [0.05, 0.1) is 13.2 Å². The number of nitrogens with zero attached hydrogens (tertiary/aromatic N) is 1. The Morgan fingerprint density at radius 2 is 1.78 bits per heavy atom. The minimum absolute atomic E-state index is 0.0333. The number of ketones is 1. The molecule has 242 valence electrons. The third-order valence-electron chi connectivity index (χ3n) is 14.5. The highest BCUT2D eigenvalue weighted by molar-refractivity contribution is 5.95. The Morgan fingerprint density at radius 3 is 2.56 bits per heavy atom. The zero-order chi connectivity index (χ0) is 31.9. The Morgan fingerprint density at radius 1 is 1.02 bits per heavy atom. The lowest BCUT2D eigenvalue weighted by molar-refractivity contribution is -0.232. The summed E-state index contributed by atoms with van der Waals surface area (Å²) in [5, 5.41) is 18.3. The fourth-order valence-corrected chi connectivity index (χ4v) is 11.4. The van der Waals surface area contributed by atoms with Gasteiger partial charge in [-0.2, -0.15) is 0 Å². The van der Waals surface area contributed by atoms with Crippen LogP contribution in [0.4, 0.5) is 5.88 Å². The number of allylic oxidation sites excluding steroid dienone is 2. The number of methoxy groups -OCH3 is 1. The molecule has 1 aromatic heterocycles. The smallest absolute Gasteiger partial charge is 0.231 e. The number of ether oxygens (including phenoxy) is 1. The minimum Gasteiger partial charge on any atom is -0.496 e. The van der Waals surface area contributed by atoms with E-state index in [1.54, 1.807) is 13.2 Å². The van der Waals surface area contributed by atoms with Crippen LogP contribution in [0, 0.1) is 51.2 Å². The monoisotopic (exact) mass is 614 g/mol. The van der Waals surface area contributed by atoms with Gasteiger partial charge >= 0.3 is 0 Å². The van der Waals surface area contributed by atoms with Crippen molar-refractivity contribution in [2.45, 2.75) is 98.5 Å². The van der Waals surface area contributed by atoms with Gasteiger partial charge in [0.15, 0.2) is 5.78 Å². The first kappa shape index (κ1) is 30.7. The van der Waals surface area contributed by atoms with Crippen LogP contribution in [-0.2, 0) is 9.59 Å². The second kappa shape index (κ2) is 10.5. The van der Waals surface area contributed by atoms with Gasteiger partial charge in [0.25, 0.3) is 0 Å². The number of aliphatic hydroxyl groups is 1. The first-order valence-electron chi connectivity index (χ1n) is 17.2. The molecule has 7 unspecified atom stereocenters. The highest BCUT2D eigenvalue weighted by atomic mass is 16.5. The number of anilines is 1. The zero-order valence-electron chi connectivity index (χ0n) is 27.8. The molecule has 7 rings (SSSR count). The van der Waals surface area contributed by atoms with E-state index in [4.69, 9.17) is 9.26 Å². The molecule has 7 heteroatoms. The number of para-hydroxylation sites is 1. The maximum atomic E-state index is 14.4. The Hall–Kier alpha value is -2.93. The summed E-state index contributed by atoms with van der Waals surface area (Å²) in [6.07, 6.45) is 10.3. The predicted molar refractivity (Wildman–Crippen MR) is 173 cm³/mol. The number of hydrogen-bond acceptors (Lipinski definition) is 6. The van der Waals surface area contributed by atoms with Crippen molar-refractivity contribution < 1.29 is 24.0 Å². The van der Waals surface area contributed by atoms with Crippen molar-refractivity contribution in [1.82, 2.24) is 5.16 Å². The van der Waals surface area contributed by atoms with Gasteiger partial charge in [-0.25, -0.2) is 0 Å². The van der Waals surface area contributed by atoms with Gasteiger partial charge in [0, 0.05) is 23.5 Å². The molecule has 1 aromatic carbocycles. The van der Waals surface area contributed by atoms with Gasteiger partial charge in [-0.15, -0.1) is 0 Å². The maximum Gasteiger partial charge on any atom is 0.231 e. The van der Waals surface area contributed by atoms with Crippen LogP contribution < -0.4 is 10.1 Å². The van der Waals surface area contributed by atoms with Crippen LogP contribution in [0.15, 0.2) is 46.5 Å². The number of aromatic nitrogens is 1. The third kappa shape index (κ3) is 4.35. The number of fused-ring (bicyclic) bond motifs is 7. The maximum absolute atomic E-state index is 14.4. The number of carbonyl (C=O) groups excluding carboxylic acids is 2. The number of aliphatic hydroxyl groups excluding tert-OH is 1. The average molecular weight is 615 g/mol. The van der Waals surface area contributed by atoms with E-state index < -0.39 is 0 Å².